The van der Waals surface area contributed by atoms with Crippen LogP contribution in [0.5, 0.6) is 0 Å². The van der Waals surface area contributed by atoms with Crippen LogP contribution in [-0.2, 0) is 23.2 Å². The molecular weight excluding hydrogens is 234 g/mol. The molecule has 2 heterocycles. The molecule has 0 bridgehead atoms. The molecule has 0 aliphatic carbocycles. The predicted molar refractivity (Wildman–Crippen MR) is 64.6 cm³/mol. The average Bonchev–Trinajstić information content (AvgIpc) is 2.66. The highest BCUT2D eigenvalue weighted by Crippen LogP contribution is 2.03. The van der Waals surface area contributed by atoms with Crippen molar-refractivity contribution in [2.24, 2.45) is 7.05 Å². The van der Waals surface area contributed by atoms with E-state index in [4.69, 9.17) is 0 Å². The third-order valence-corrected chi connectivity index (χ3v) is 2.90. The van der Waals surface area contributed by atoms with Gasteiger partial charge in [0.15, 0.2) is 0 Å². The fourth-order valence-corrected chi connectivity index (χ4v) is 1.88. The van der Waals surface area contributed by atoms with Crippen LogP contribution in [0.4, 0.5) is 0 Å². The van der Waals surface area contributed by atoms with Crippen LogP contribution in [0.2, 0.25) is 0 Å². The third kappa shape index (κ3) is 2.86. The van der Waals surface area contributed by atoms with Gasteiger partial charge in [-0.1, -0.05) is 0 Å². The van der Waals surface area contributed by atoms with E-state index in [1.54, 1.807) is 4.68 Å². The Morgan fingerprint density at radius 1 is 1.67 bits per heavy atom. The van der Waals surface area contributed by atoms with Crippen molar-refractivity contribution >= 4 is 11.8 Å². The number of aromatic nitrogens is 2. The Morgan fingerprint density at radius 3 is 3.00 bits per heavy atom. The number of amides is 2. The first-order valence-electron chi connectivity index (χ1n) is 5.83. The Labute approximate surface area is 105 Å². The van der Waals surface area contributed by atoms with Gasteiger partial charge in [-0.2, -0.15) is 5.10 Å². The molecule has 0 aromatic carbocycles. The van der Waals surface area contributed by atoms with Crippen molar-refractivity contribution in [3.63, 3.8) is 0 Å². The van der Waals surface area contributed by atoms with E-state index in [0.29, 0.717) is 13.1 Å². The molecular formula is C11H17N5O2. The van der Waals surface area contributed by atoms with E-state index in [9.17, 15) is 9.59 Å². The predicted octanol–water partition coefficient (Wildman–Crippen LogP) is -1.57. The first kappa shape index (κ1) is 12.6. The summed E-state index contributed by atoms with van der Waals surface area (Å²) in [6.07, 6.45) is 1.88. The summed E-state index contributed by atoms with van der Waals surface area (Å²) in [5, 5.41) is 12.6. The fourth-order valence-electron chi connectivity index (χ4n) is 1.88. The molecule has 18 heavy (non-hydrogen) atoms. The maximum Gasteiger partial charge on any atom is 0.239 e. The Balaban J connectivity index is 1.85. The molecule has 1 aromatic rings. The SMILES string of the molecule is Cc1nn(C)cc1CNC(=O)C1CNC(=O)CN1. The van der Waals surface area contributed by atoms with Gasteiger partial charge in [-0.15, -0.1) is 0 Å². The van der Waals surface area contributed by atoms with E-state index in [0.717, 1.165) is 11.3 Å². The van der Waals surface area contributed by atoms with Gasteiger partial charge in [0.25, 0.3) is 0 Å². The molecule has 0 saturated carbocycles. The Kier molecular flexibility index (Phi) is 3.61. The van der Waals surface area contributed by atoms with E-state index < -0.39 is 0 Å². The number of aryl methyl sites for hydroxylation is 2. The first-order valence-corrected chi connectivity index (χ1v) is 5.83. The smallest absolute Gasteiger partial charge is 0.239 e. The Hall–Kier alpha value is -1.89. The second kappa shape index (κ2) is 5.18. The molecule has 1 unspecified atom stereocenters. The van der Waals surface area contributed by atoms with Crippen LogP contribution in [-0.4, -0.2) is 40.7 Å². The van der Waals surface area contributed by atoms with Gasteiger partial charge >= 0.3 is 0 Å². The topological polar surface area (TPSA) is 88.1 Å². The monoisotopic (exact) mass is 251 g/mol. The van der Waals surface area contributed by atoms with Crippen LogP contribution in [0, 0.1) is 6.92 Å². The summed E-state index contributed by atoms with van der Waals surface area (Å²) in [5.41, 5.74) is 1.90. The molecule has 1 saturated heterocycles. The fraction of sp³-hybridized carbons (Fsp3) is 0.545. The van der Waals surface area contributed by atoms with E-state index >= 15 is 0 Å². The standard InChI is InChI=1S/C11H17N5O2/c1-7-8(6-16(2)15-7)3-14-11(18)9-4-13-10(17)5-12-9/h6,9,12H,3-5H2,1-2H3,(H,13,17)(H,14,18). The lowest BCUT2D eigenvalue weighted by Gasteiger charge is -2.23. The van der Waals surface area contributed by atoms with Gasteiger partial charge in [-0.3, -0.25) is 19.6 Å². The van der Waals surface area contributed by atoms with Gasteiger partial charge in [-0.05, 0) is 6.92 Å². The van der Waals surface area contributed by atoms with Crippen molar-refractivity contribution < 1.29 is 9.59 Å². The summed E-state index contributed by atoms with van der Waals surface area (Å²) in [6.45, 7) is 2.87. The molecule has 0 spiro atoms. The highest BCUT2D eigenvalue weighted by atomic mass is 16.2. The van der Waals surface area contributed by atoms with Crippen LogP contribution in [0.3, 0.4) is 0 Å². The molecule has 1 atom stereocenters. The van der Waals surface area contributed by atoms with Crippen LogP contribution in [0.25, 0.3) is 0 Å². The van der Waals surface area contributed by atoms with Crippen molar-refractivity contribution in [3.05, 3.63) is 17.5 Å². The number of piperazine rings is 1. The zero-order valence-electron chi connectivity index (χ0n) is 10.5. The second-order valence-electron chi connectivity index (χ2n) is 4.37. The Bertz CT molecular complexity index is 458. The zero-order valence-corrected chi connectivity index (χ0v) is 10.5. The average molecular weight is 251 g/mol. The summed E-state index contributed by atoms with van der Waals surface area (Å²) in [4.78, 5) is 22.8. The molecule has 1 aromatic heterocycles. The van der Waals surface area contributed by atoms with Gasteiger partial charge in [-0.25, -0.2) is 0 Å². The van der Waals surface area contributed by atoms with Gasteiger partial charge in [0.2, 0.25) is 11.8 Å². The normalized spacial score (nSPS) is 19.4. The van der Waals surface area contributed by atoms with Gasteiger partial charge in [0.05, 0.1) is 12.2 Å². The van der Waals surface area contributed by atoms with Crippen molar-refractivity contribution in [3.8, 4) is 0 Å². The third-order valence-electron chi connectivity index (χ3n) is 2.90. The number of nitrogens with zero attached hydrogens (tertiary/aromatic N) is 2. The summed E-state index contributed by atoms with van der Waals surface area (Å²) < 4.78 is 1.72. The highest BCUT2D eigenvalue weighted by molar-refractivity contribution is 5.86. The summed E-state index contributed by atoms with van der Waals surface area (Å²) in [6, 6.07) is -0.361. The van der Waals surface area contributed by atoms with Gasteiger partial charge in [0, 0.05) is 31.9 Å². The minimum atomic E-state index is -0.361. The molecule has 1 aliphatic rings. The lowest BCUT2D eigenvalue weighted by atomic mass is 10.2. The molecule has 3 N–H and O–H groups in total. The molecule has 1 fully saturated rings. The highest BCUT2D eigenvalue weighted by Gasteiger charge is 2.23. The summed E-state index contributed by atoms with van der Waals surface area (Å²) in [5.74, 6) is -0.194. The molecule has 7 nitrogen and oxygen atoms in total. The summed E-state index contributed by atoms with van der Waals surface area (Å²) in [7, 11) is 1.84. The largest absolute Gasteiger partial charge is 0.353 e. The number of nitrogens with one attached hydrogen (secondary N) is 3. The van der Waals surface area contributed by atoms with Crippen LogP contribution >= 0.6 is 0 Å². The minimum Gasteiger partial charge on any atom is -0.353 e. The molecule has 7 heteroatoms. The lowest BCUT2D eigenvalue weighted by Crippen LogP contribution is -2.57. The van der Waals surface area contributed by atoms with E-state index in [2.05, 4.69) is 21.0 Å². The lowest BCUT2D eigenvalue weighted by molar-refractivity contribution is -0.126. The van der Waals surface area contributed by atoms with Crippen molar-refractivity contribution in [2.75, 3.05) is 13.1 Å². The van der Waals surface area contributed by atoms with Gasteiger partial charge in [0.1, 0.15) is 6.04 Å². The number of rotatable bonds is 3. The molecule has 98 valence electrons. The van der Waals surface area contributed by atoms with E-state index in [1.165, 1.54) is 0 Å². The van der Waals surface area contributed by atoms with Crippen molar-refractivity contribution in [1.82, 2.24) is 25.7 Å². The first-order chi connectivity index (χ1) is 8.56. The number of carbonyl (C=O) groups is 2. The van der Waals surface area contributed by atoms with Crippen molar-refractivity contribution in [2.45, 2.75) is 19.5 Å². The van der Waals surface area contributed by atoms with Crippen LogP contribution in [0.1, 0.15) is 11.3 Å². The molecule has 2 rings (SSSR count). The number of hydrogen-bond donors (Lipinski definition) is 3. The minimum absolute atomic E-state index is 0.0813. The quantitative estimate of drug-likeness (QED) is 0.606. The zero-order chi connectivity index (χ0) is 13.1. The molecule has 1 aliphatic heterocycles. The molecule has 0 radical (unpaired) electrons. The number of carbonyl (C=O) groups excluding carboxylic acids is 2. The summed E-state index contributed by atoms with van der Waals surface area (Å²) >= 11 is 0. The molecule has 2 amide bonds. The maximum absolute atomic E-state index is 11.8. The van der Waals surface area contributed by atoms with E-state index in [-0.39, 0.29) is 24.4 Å². The number of hydrogen-bond acceptors (Lipinski definition) is 4. The maximum atomic E-state index is 11.8. The second-order valence-corrected chi connectivity index (χ2v) is 4.37. The van der Waals surface area contributed by atoms with E-state index in [1.807, 2.05) is 20.2 Å². The van der Waals surface area contributed by atoms with Gasteiger partial charge < -0.3 is 10.6 Å². The van der Waals surface area contributed by atoms with Crippen LogP contribution < -0.4 is 16.0 Å². The Morgan fingerprint density at radius 2 is 2.44 bits per heavy atom. The van der Waals surface area contributed by atoms with Crippen LogP contribution in [0.15, 0.2) is 6.20 Å². The van der Waals surface area contributed by atoms with Crippen molar-refractivity contribution in [1.29, 1.82) is 0 Å².